The van der Waals surface area contributed by atoms with E-state index in [-0.39, 0.29) is 0 Å². The van der Waals surface area contributed by atoms with E-state index in [9.17, 15) is 0 Å². The molecule has 14 heavy (non-hydrogen) atoms. The number of hydrogen-bond acceptors (Lipinski definition) is 2. The summed E-state index contributed by atoms with van der Waals surface area (Å²) < 4.78 is 0. The van der Waals surface area contributed by atoms with Crippen molar-refractivity contribution in [3.05, 3.63) is 36.0 Å². The third kappa shape index (κ3) is 1.29. The van der Waals surface area contributed by atoms with E-state index in [4.69, 9.17) is 0 Å². The van der Waals surface area contributed by atoms with Crippen LogP contribution in [0.4, 0.5) is 5.69 Å². The molecule has 0 atom stereocenters. The first-order valence-electron chi connectivity index (χ1n) is 4.70. The predicted molar refractivity (Wildman–Crippen MR) is 60.3 cm³/mol. The number of hydrogen-bond donors (Lipinski definition) is 0. The average Bonchev–Trinajstić information content (AvgIpc) is 2.27. The standard InChI is InChI=1S/C12H12N2/c1-3-9-6-7-10-5-4-8-14-12(10)11(9)13-2/h4-8H,2-3H2,1H3. The lowest BCUT2D eigenvalue weighted by Gasteiger charge is -2.05. The van der Waals surface area contributed by atoms with Crippen LogP contribution < -0.4 is 0 Å². The van der Waals surface area contributed by atoms with E-state index in [1.807, 2.05) is 12.1 Å². The summed E-state index contributed by atoms with van der Waals surface area (Å²) in [7, 11) is 0. The van der Waals surface area contributed by atoms with Crippen LogP contribution in [0.3, 0.4) is 0 Å². The Hall–Kier alpha value is -1.70. The molecule has 2 aromatic rings. The van der Waals surface area contributed by atoms with Gasteiger partial charge >= 0.3 is 0 Å². The first kappa shape index (κ1) is 8.88. The Kier molecular flexibility index (Phi) is 2.27. The molecule has 0 unspecified atom stereocenters. The molecule has 0 saturated carbocycles. The third-order valence-electron chi connectivity index (χ3n) is 2.37. The van der Waals surface area contributed by atoms with Gasteiger partial charge in [-0.25, -0.2) is 0 Å². The zero-order valence-electron chi connectivity index (χ0n) is 8.20. The van der Waals surface area contributed by atoms with Gasteiger partial charge in [0, 0.05) is 11.6 Å². The van der Waals surface area contributed by atoms with Crippen LogP contribution in [0.5, 0.6) is 0 Å². The van der Waals surface area contributed by atoms with Gasteiger partial charge in [0.15, 0.2) is 0 Å². The van der Waals surface area contributed by atoms with Crippen molar-refractivity contribution in [1.29, 1.82) is 0 Å². The number of rotatable bonds is 2. The normalized spacial score (nSPS) is 10.4. The summed E-state index contributed by atoms with van der Waals surface area (Å²) in [6, 6.07) is 8.14. The lowest BCUT2D eigenvalue weighted by molar-refractivity contribution is 1.14. The van der Waals surface area contributed by atoms with Gasteiger partial charge in [-0.05, 0) is 24.8 Å². The maximum absolute atomic E-state index is 4.33. The first-order valence-corrected chi connectivity index (χ1v) is 4.70. The lowest BCUT2D eigenvalue weighted by Crippen LogP contribution is -1.85. The number of nitrogens with zero attached hydrogens (tertiary/aromatic N) is 2. The van der Waals surface area contributed by atoms with Gasteiger partial charge in [-0.2, -0.15) is 0 Å². The molecule has 0 radical (unpaired) electrons. The summed E-state index contributed by atoms with van der Waals surface area (Å²) in [4.78, 5) is 8.38. The molecule has 0 amide bonds. The molecule has 2 heteroatoms. The summed E-state index contributed by atoms with van der Waals surface area (Å²) in [6.45, 7) is 5.71. The minimum atomic E-state index is 0.922. The molecule has 0 N–H and O–H groups in total. The van der Waals surface area contributed by atoms with Crippen molar-refractivity contribution in [1.82, 2.24) is 4.98 Å². The number of aryl methyl sites for hydroxylation is 1. The quantitative estimate of drug-likeness (QED) is 0.658. The second-order valence-electron chi connectivity index (χ2n) is 3.16. The molecule has 2 nitrogen and oxygen atoms in total. The van der Waals surface area contributed by atoms with Gasteiger partial charge in [0.1, 0.15) is 0 Å². The molecule has 1 heterocycles. The molecular weight excluding hydrogens is 172 g/mol. The maximum Gasteiger partial charge on any atom is 0.0960 e. The van der Waals surface area contributed by atoms with E-state index in [1.165, 1.54) is 5.56 Å². The minimum Gasteiger partial charge on any atom is -0.262 e. The van der Waals surface area contributed by atoms with Crippen LogP contribution >= 0.6 is 0 Å². The fourth-order valence-corrected chi connectivity index (χ4v) is 1.63. The molecule has 0 aliphatic carbocycles. The lowest BCUT2D eigenvalue weighted by atomic mass is 10.1. The van der Waals surface area contributed by atoms with E-state index < -0.39 is 0 Å². The van der Waals surface area contributed by atoms with E-state index in [2.05, 4.69) is 35.8 Å². The van der Waals surface area contributed by atoms with E-state index in [0.29, 0.717) is 0 Å². The zero-order valence-corrected chi connectivity index (χ0v) is 8.20. The zero-order chi connectivity index (χ0) is 9.97. The van der Waals surface area contributed by atoms with Crippen molar-refractivity contribution < 1.29 is 0 Å². The van der Waals surface area contributed by atoms with E-state index >= 15 is 0 Å². The second-order valence-corrected chi connectivity index (χ2v) is 3.16. The van der Waals surface area contributed by atoms with Crippen molar-refractivity contribution in [3.8, 4) is 0 Å². The molecule has 0 bridgehead atoms. The summed E-state index contributed by atoms with van der Waals surface area (Å²) in [6.07, 6.45) is 2.75. The molecule has 70 valence electrons. The minimum absolute atomic E-state index is 0.922. The van der Waals surface area contributed by atoms with Gasteiger partial charge in [0.05, 0.1) is 11.2 Å². The van der Waals surface area contributed by atoms with Gasteiger partial charge in [0.25, 0.3) is 0 Å². The highest BCUT2D eigenvalue weighted by Gasteiger charge is 2.04. The van der Waals surface area contributed by atoms with Gasteiger partial charge < -0.3 is 0 Å². The van der Waals surface area contributed by atoms with Crippen LogP contribution in [0.1, 0.15) is 12.5 Å². The summed E-state index contributed by atoms with van der Waals surface area (Å²) >= 11 is 0. The van der Waals surface area contributed by atoms with Crippen LogP contribution in [-0.4, -0.2) is 11.7 Å². The fraction of sp³-hybridized carbons (Fsp3) is 0.167. The average molecular weight is 184 g/mol. The Balaban J connectivity index is 2.83. The highest BCUT2D eigenvalue weighted by atomic mass is 14.8. The van der Waals surface area contributed by atoms with Crippen molar-refractivity contribution in [3.63, 3.8) is 0 Å². The molecule has 2 rings (SSSR count). The van der Waals surface area contributed by atoms with Crippen LogP contribution in [0.2, 0.25) is 0 Å². The Morgan fingerprint density at radius 2 is 2.21 bits per heavy atom. The number of fused-ring (bicyclic) bond motifs is 1. The van der Waals surface area contributed by atoms with Crippen LogP contribution in [0.25, 0.3) is 10.9 Å². The summed E-state index contributed by atoms with van der Waals surface area (Å²) in [5.74, 6) is 0. The van der Waals surface area contributed by atoms with E-state index in [0.717, 1.165) is 23.0 Å². The number of benzene rings is 1. The molecular formula is C12H12N2. The number of aliphatic imine (C=N–C) groups is 1. The predicted octanol–water partition coefficient (Wildman–Crippen LogP) is 3.13. The first-order chi connectivity index (χ1) is 6.86. The largest absolute Gasteiger partial charge is 0.262 e. The Morgan fingerprint density at radius 3 is 2.93 bits per heavy atom. The van der Waals surface area contributed by atoms with Crippen molar-refractivity contribution in [2.24, 2.45) is 4.99 Å². The van der Waals surface area contributed by atoms with Crippen molar-refractivity contribution in [2.45, 2.75) is 13.3 Å². The fourth-order valence-electron chi connectivity index (χ4n) is 1.63. The molecule has 0 spiro atoms. The SMILES string of the molecule is C=Nc1c(CC)ccc2cccnc12. The van der Waals surface area contributed by atoms with E-state index in [1.54, 1.807) is 6.20 Å². The van der Waals surface area contributed by atoms with Crippen molar-refractivity contribution >= 4 is 23.3 Å². The molecule has 1 aromatic carbocycles. The molecule has 0 saturated heterocycles. The molecule has 0 fully saturated rings. The van der Waals surface area contributed by atoms with Gasteiger partial charge in [-0.15, -0.1) is 0 Å². The van der Waals surface area contributed by atoms with Crippen LogP contribution in [0.15, 0.2) is 35.5 Å². The Labute approximate surface area is 83.3 Å². The molecule has 1 aromatic heterocycles. The van der Waals surface area contributed by atoms with Gasteiger partial charge in [-0.3, -0.25) is 9.98 Å². The van der Waals surface area contributed by atoms with Crippen molar-refractivity contribution in [2.75, 3.05) is 0 Å². The van der Waals surface area contributed by atoms with Crippen LogP contribution in [-0.2, 0) is 6.42 Å². The molecule has 0 aliphatic heterocycles. The Bertz CT molecular complexity index is 475. The number of pyridine rings is 1. The summed E-state index contributed by atoms with van der Waals surface area (Å²) in [5, 5.41) is 1.12. The van der Waals surface area contributed by atoms with Gasteiger partial charge in [-0.1, -0.05) is 25.1 Å². The second kappa shape index (κ2) is 3.58. The number of aromatic nitrogens is 1. The monoisotopic (exact) mass is 184 g/mol. The molecule has 0 aliphatic rings. The topological polar surface area (TPSA) is 25.2 Å². The maximum atomic E-state index is 4.33. The Morgan fingerprint density at radius 1 is 1.36 bits per heavy atom. The highest BCUT2D eigenvalue weighted by Crippen LogP contribution is 2.28. The van der Waals surface area contributed by atoms with Crippen LogP contribution in [0, 0.1) is 0 Å². The van der Waals surface area contributed by atoms with Gasteiger partial charge in [0.2, 0.25) is 0 Å². The summed E-state index contributed by atoms with van der Waals surface area (Å²) in [5.41, 5.74) is 3.07. The third-order valence-corrected chi connectivity index (χ3v) is 2.37. The smallest absolute Gasteiger partial charge is 0.0960 e. The highest BCUT2D eigenvalue weighted by molar-refractivity contribution is 5.91.